The average molecular weight is 299 g/mol. The van der Waals surface area contributed by atoms with Crippen LogP contribution in [0, 0.1) is 5.82 Å². The summed E-state index contributed by atoms with van der Waals surface area (Å²) in [6, 6.07) is 8.29. The van der Waals surface area contributed by atoms with E-state index in [1.54, 1.807) is 0 Å². The lowest BCUT2D eigenvalue weighted by Gasteiger charge is -2.08. The minimum absolute atomic E-state index is 0.00102. The maximum Gasteiger partial charge on any atom is 0.255 e. The van der Waals surface area contributed by atoms with Gasteiger partial charge in [-0.15, -0.1) is 0 Å². The summed E-state index contributed by atoms with van der Waals surface area (Å²) >= 11 is 11.6. The van der Waals surface area contributed by atoms with Gasteiger partial charge >= 0.3 is 0 Å². The molecule has 3 N–H and O–H groups in total. The van der Waals surface area contributed by atoms with Crippen molar-refractivity contribution < 1.29 is 9.18 Å². The molecule has 19 heavy (non-hydrogen) atoms. The summed E-state index contributed by atoms with van der Waals surface area (Å²) in [4.78, 5) is 11.9. The molecule has 0 aromatic heterocycles. The van der Waals surface area contributed by atoms with Gasteiger partial charge in [0, 0.05) is 21.3 Å². The number of halogens is 3. The van der Waals surface area contributed by atoms with E-state index >= 15 is 0 Å². The average Bonchev–Trinajstić information content (AvgIpc) is 2.32. The molecule has 2 aromatic carbocycles. The Balaban J connectivity index is 2.28. The highest BCUT2D eigenvalue weighted by molar-refractivity contribution is 6.35. The van der Waals surface area contributed by atoms with Crippen molar-refractivity contribution in [2.75, 3.05) is 11.1 Å². The van der Waals surface area contributed by atoms with Crippen molar-refractivity contribution >= 4 is 40.5 Å². The third kappa shape index (κ3) is 3.36. The Morgan fingerprint density at radius 2 is 1.74 bits per heavy atom. The zero-order valence-electron chi connectivity index (χ0n) is 9.58. The molecule has 0 atom stereocenters. The van der Waals surface area contributed by atoms with E-state index in [0.717, 1.165) is 0 Å². The van der Waals surface area contributed by atoms with Gasteiger partial charge in [0.25, 0.3) is 5.91 Å². The van der Waals surface area contributed by atoms with E-state index in [1.165, 1.54) is 36.4 Å². The zero-order valence-corrected chi connectivity index (χ0v) is 11.1. The Bertz CT molecular complexity index is 626. The predicted octanol–water partition coefficient (Wildman–Crippen LogP) is 3.97. The fourth-order valence-electron chi connectivity index (χ4n) is 1.52. The Labute approximate surface area is 119 Å². The molecule has 0 fully saturated rings. The lowest BCUT2D eigenvalue weighted by atomic mass is 10.2. The van der Waals surface area contributed by atoms with Crippen molar-refractivity contribution in [2.24, 2.45) is 0 Å². The minimum atomic E-state index is -0.573. The predicted molar refractivity (Wildman–Crippen MR) is 75.2 cm³/mol. The van der Waals surface area contributed by atoms with Gasteiger partial charge in [-0.2, -0.15) is 0 Å². The van der Waals surface area contributed by atoms with Gasteiger partial charge in [0.15, 0.2) is 0 Å². The third-order valence-electron chi connectivity index (χ3n) is 2.36. The first-order chi connectivity index (χ1) is 8.95. The van der Waals surface area contributed by atoms with Crippen LogP contribution < -0.4 is 11.1 Å². The summed E-state index contributed by atoms with van der Waals surface area (Å²) in [5, 5.41) is 3.06. The van der Waals surface area contributed by atoms with Crippen molar-refractivity contribution in [3.63, 3.8) is 0 Å². The molecule has 0 spiro atoms. The number of amides is 1. The van der Waals surface area contributed by atoms with Crippen molar-refractivity contribution in [3.05, 3.63) is 57.8 Å². The summed E-state index contributed by atoms with van der Waals surface area (Å²) in [6.45, 7) is 0. The monoisotopic (exact) mass is 298 g/mol. The molecule has 0 aliphatic rings. The van der Waals surface area contributed by atoms with E-state index in [2.05, 4.69) is 5.32 Å². The van der Waals surface area contributed by atoms with Crippen LogP contribution in [0.15, 0.2) is 36.4 Å². The molecule has 0 bridgehead atoms. The number of hydrogen-bond donors (Lipinski definition) is 2. The molecule has 0 radical (unpaired) electrons. The van der Waals surface area contributed by atoms with Crippen LogP contribution in [0.3, 0.4) is 0 Å². The van der Waals surface area contributed by atoms with Gasteiger partial charge in [-0.05, 0) is 36.4 Å². The van der Waals surface area contributed by atoms with Crippen LogP contribution in [-0.4, -0.2) is 5.91 Å². The normalized spacial score (nSPS) is 10.3. The molecule has 3 nitrogen and oxygen atoms in total. The lowest BCUT2D eigenvalue weighted by molar-refractivity contribution is 0.102. The van der Waals surface area contributed by atoms with Crippen molar-refractivity contribution in [3.8, 4) is 0 Å². The van der Waals surface area contributed by atoms with Gasteiger partial charge in [0.2, 0.25) is 0 Å². The molecular formula is C13H9Cl2FN2O. The summed E-state index contributed by atoms with van der Waals surface area (Å²) < 4.78 is 13.5. The number of nitrogen functional groups attached to an aromatic ring is 1. The van der Waals surface area contributed by atoms with Gasteiger partial charge < -0.3 is 11.1 Å². The smallest absolute Gasteiger partial charge is 0.255 e. The molecule has 0 saturated heterocycles. The fraction of sp³-hybridized carbons (Fsp3) is 0. The Kier molecular flexibility index (Phi) is 3.93. The first-order valence-electron chi connectivity index (χ1n) is 5.28. The van der Waals surface area contributed by atoms with Crippen LogP contribution in [0.4, 0.5) is 15.8 Å². The second-order valence-electron chi connectivity index (χ2n) is 3.85. The number of carbonyl (C=O) groups excluding carboxylic acids is 1. The van der Waals surface area contributed by atoms with E-state index in [0.29, 0.717) is 15.7 Å². The minimum Gasteiger partial charge on any atom is -0.399 e. The standard InChI is InChI=1S/C13H9Cl2FN2O/c14-8-3-7(4-9(15)5-8)13(19)18-12-6-10(17)1-2-11(12)16/h1-6H,17H2,(H,18,19). The SMILES string of the molecule is Nc1ccc(F)c(NC(=O)c2cc(Cl)cc(Cl)c2)c1. The topological polar surface area (TPSA) is 55.1 Å². The Morgan fingerprint density at radius 1 is 1.11 bits per heavy atom. The van der Waals surface area contributed by atoms with Crippen LogP contribution >= 0.6 is 23.2 Å². The second kappa shape index (κ2) is 5.47. The number of nitrogens with one attached hydrogen (secondary N) is 1. The second-order valence-corrected chi connectivity index (χ2v) is 4.72. The lowest BCUT2D eigenvalue weighted by Crippen LogP contribution is -2.13. The van der Waals surface area contributed by atoms with Gasteiger partial charge in [0.05, 0.1) is 5.69 Å². The summed E-state index contributed by atoms with van der Waals surface area (Å²) in [5.74, 6) is -1.09. The van der Waals surface area contributed by atoms with Gasteiger partial charge in [-0.3, -0.25) is 4.79 Å². The van der Waals surface area contributed by atoms with Crippen LogP contribution in [0.5, 0.6) is 0 Å². The van der Waals surface area contributed by atoms with E-state index in [-0.39, 0.29) is 11.3 Å². The number of hydrogen-bond acceptors (Lipinski definition) is 2. The number of nitrogens with two attached hydrogens (primary N) is 1. The van der Waals surface area contributed by atoms with Crippen LogP contribution in [-0.2, 0) is 0 Å². The first kappa shape index (κ1) is 13.6. The molecule has 0 aliphatic carbocycles. The molecule has 2 aromatic rings. The van der Waals surface area contributed by atoms with E-state index in [1.807, 2.05) is 0 Å². The number of anilines is 2. The maximum atomic E-state index is 13.5. The van der Waals surface area contributed by atoms with Gasteiger partial charge in [-0.1, -0.05) is 23.2 Å². The Hall–Kier alpha value is -1.78. The van der Waals surface area contributed by atoms with Crippen molar-refractivity contribution in [1.29, 1.82) is 0 Å². The van der Waals surface area contributed by atoms with Gasteiger partial charge in [-0.25, -0.2) is 4.39 Å². The highest BCUT2D eigenvalue weighted by Crippen LogP contribution is 2.22. The third-order valence-corrected chi connectivity index (χ3v) is 2.80. The molecule has 0 aliphatic heterocycles. The maximum absolute atomic E-state index is 13.5. The molecular weight excluding hydrogens is 290 g/mol. The van der Waals surface area contributed by atoms with E-state index in [9.17, 15) is 9.18 Å². The molecule has 2 rings (SSSR count). The molecule has 6 heteroatoms. The first-order valence-corrected chi connectivity index (χ1v) is 6.04. The highest BCUT2D eigenvalue weighted by atomic mass is 35.5. The number of rotatable bonds is 2. The van der Waals surface area contributed by atoms with Gasteiger partial charge in [0.1, 0.15) is 5.82 Å². The molecule has 0 unspecified atom stereocenters. The molecule has 0 heterocycles. The van der Waals surface area contributed by atoms with Crippen LogP contribution in [0.2, 0.25) is 10.0 Å². The summed E-state index contributed by atoms with van der Waals surface area (Å²) in [7, 11) is 0. The molecule has 0 saturated carbocycles. The zero-order chi connectivity index (χ0) is 14.0. The summed E-state index contributed by atoms with van der Waals surface area (Å²) in [6.07, 6.45) is 0. The molecule has 98 valence electrons. The van der Waals surface area contributed by atoms with E-state index < -0.39 is 11.7 Å². The number of benzene rings is 2. The fourth-order valence-corrected chi connectivity index (χ4v) is 2.04. The van der Waals surface area contributed by atoms with Crippen molar-refractivity contribution in [1.82, 2.24) is 0 Å². The largest absolute Gasteiger partial charge is 0.399 e. The number of carbonyl (C=O) groups is 1. The van der Waals surface area contributed by atoms with Crippen LogP contribution in [0.1, 0.15) is 10.4 Å². The molecule has 1 amide bonds. The quantitative estimate of drug-likeness (QED) is 0.824. The highest BCUT2D eigenvalue weighted by Gasteiger charge is 2.11. The van der Waals surface area contributed by atoms with E-state index in [4.69, 9.17) is 28.9 Å². The summed E-state index contributed by atoms with van der Waals surface area (Å²) in [5.41, 5.74) is 6.11. The van der Waals surface area contributed by atoms with Crippen LogP contribution in [0.25, 0.3) is 0 Å². The Morgan fingerprint density at radius 3 is 2.37 bits per heavy atom. The van der Waals surface area contributed by atoms with Crippen molar-refractivity contribution in [2.45, 2.75) is 0 Å².